The molecule has 2 aromatic rings. The summed E-state index contributed by atoms with van der Waals surface area (Å²) in [6.45, 7) is 1.90. The zero-order valence-electron chi connectivity index (χ0n) is 17.5. The third-order valence-corrected chi connectivity index (χ3v) is 6.64. The Labute approximate surface area is 183 Å². The van der Waals surface area contributed by atoms with Crippen molar-refractivity contribution in [2.75, 3.05) is 6.54 Å². The predicted molar refractivity (Wildman–Crippen MR) is 113 cm³/mol. The fraction of sp³-hybridized carbons (Fsp3) is 0.375. The van der Waals surface area contributed by atoms with Gasteiger partial charge in [-0.05, 0) is 48.4 Å². The molecule has 1 unspecified atom stereocenters. The molecule has 1 aliphatic heterocycles. The van der Waals surface area contributed by atoms with Gasteiger partial charge in [-0.25, -0.2) is 13.6 Å². The molecule has 1 heterocycles. The maximum absolute atomic E-state index is 13.4. The van der Waals surface area contributed by atoms with Crippen LogP contribution in [0.25, 0.3) is 11.1 Å². The third-order valence-electron chi connectivity index (χ3n) is 6.64. The number of carbonyl (C=O) groups excluding carboxylic acids is 3. The van der Waals surface area contributed by atoms with E-state index in [1.54, 1.807) is 30.3 Å². The highest BCUT2D eigenvalue weighted by Crippen LogP contribution is 2.55. The molecule has 3 fully saturated rings. The standard InChI is InChI=1S/C24H23F2N3O3/c1-13-2-9-17(18(10-13)14-3-5-15(6-4-14)19-11-24(19,25)26)20(30)27-12-23(16-7-8-16)21(31)28-22(32)29-23/h2-6,9-10,16,19H,7-8,11-12H2,1H3,(H,27,30)(H2,28,29,31,32)/t19?,23-/m0/s1. The van der Waals surface area contributed by atoms with Crippen LogP contribution in [0.2, 0.25) is 0 Å². The number of carbonyl (C=O) groups is 3. The average Bonchev–Trinajstić information content (AvgIpc) is 3.67. The number of benzene rings is 2. The molecule has 2 aromatic carbocycles. The highest BCUT2D eigenvalue weighted by molar-refractivity contribution is 6.08. The molecule has 5 rings (SSSR count). The Kier molecular flexibility index (Phi) is 4.58. The Balaban J connectivity index is 1.38. The van der Waals surface area contributed by atoms with Crippen molar-refractivity contribution in [3.8, 4) is 11.1 Å². The molecular weight excluding hydrogens is 416 g/mol. The number of halogens is 2. The van der Waals surface area contributed by atoms with E-state index in [-0.39, 0.29) is 24.8 Å². The number of aryl methyl sites for hydroxylation is 1. The van der Waals surface area contributed by atoms with Gasteiger partial charge in [0, 0.05) is 12.0 Å². The van der Waals surface area contributed by atoms with Crippen LogP contribution in [-0.2, 0) is 4.79 Å². The normalized spacial score (nSPS) is 25.8. The molecular formula is C24H23F2N3O3. The summed E-state index contributed by atoms with van der Waals surface area (Å²) >= 11 is 0. The number of urea groups is 1. The highest BCUT2D eigenvalue weighted by Gasteiger charge is 2.57. The minimum Gasteiger partial charge on any atom is -0.349 e. The predicted octanol–water partition coefficient (Wildman–Crippen LogP) is 3.50. The fourth-order valence-corrected chi connectivity index (χ4v) is 4.52. The molecule has 1 saturated heterocycles. The summed E-state index contributed by atoms with van der Waals surface area (Å²) in [6.07, 6.45) is 1.49. The number of alkyl halides is 2. The SMILES string of the molecule is Cc1ccc(C(=O)NC[C@@]2(C3CC3)NC(=O)NC2=O)c(-c2ccc(C3CC3(F)F)cc2)c1. The number of hydrogen-bond donors (Lipinski definition) is 3. The fourth-order valence-electron chi connectivity index (χ4n) is 4.52. The van der Waals surface area contributed by atoms with Gasteiger partial charge in [-0.3, -0.25) is 14.9 Å². The van der Waals surface area contributed by atoms with E-state index in [0.717, 1.165) is 24.0 Å². The molecule has 8 heteroatoms. The van der Waals surface area contributed by atoms with Gasteiger partial charge < -0.3 is 10.6 Å². The van der Waals surface area contributed by atoms with Crippen LogP contribution in [0, 0.1) is 12.8 Å². The van der Waals surface area contributed by atoms with Gasteiger partial charge in [0.15, 0.2) is 0 Å². The van der Waals surface area contributed by atoms with Crippen LogP contribution in [-0.4, -0.2) is 35.9 Å². The maximum atomic E-state index is 13.4. The van der Waals surface area contributed by atoms with E-state index in [0.29, 0.717) is 16.7 Å². The molecule has 2 atom stereocenters. The lowest BCUT2D eigenvalue weighted by atomic mass is 9.92. The van der Waals surface area contributed by atoms with Crippen LogP contribution in [0.3, 0.4) is 0 Å². The Morgan fingerprint density at radius 3 is 2.38 bits per heavy atom. The molecule has 2 aliphatic carbocycles. The van der Waals surface area contributed by atoms with Crippen molar-refractivity contribution in [2.24, 2.45) is 5.92 Å². The molecule has 0 aromatic heterocycles. The lowest BCUT2D eigenvalue weighted by molar-refractivity contribution is -0.124. The zero-order valence-corrected chi connectivity index (χ0v) is 17.5. The molecule has 4 amide bonds. The van der Waals surface area contributed by atoms with E-state index in [1.165, 1.54) is 0 Å². The smallest absolute Gasteiger partial charge is 0.322 e. The first-order valence-electron chi connectivity index (χ1n) is 10.7. The molecule has 2 saturated carbocycles. The van der Waals surface area contributed by atoms with Gasteiger partial charge >= 0.3 is 6.03 Å². The Bertz CT molecular complexity index is 1130. The summed E-state index contributed by atoms with van der Waals surface area (Å²) in [6, 6.07) is 11.7. The van der Waals surface area contributed by atoms with E-state index in [4.69, 9.17) is 0 Å². The summed E-state index contributed by atoms with van der Waals surface area (Å²) in [5, 5.41) is 7.78. The number of amides is 4. The molecule has 32 heavy (non-hydrogen) atoms. The molecule has 0 radical (unpaired) electrons. The summed E-state index contributed by atoms with van der Waals surface area (Å²) in [5.74, 6) is -4.15. The second kappa shape index (κ2) is 7.12. The van der Waals surface area contributed by atoms with Crippen molar-refractivity contribution in [2.45, 2.75) is 43.6 Å². The lowest BCUT2D eigenvalue weighted by Crippen LogP contribution is -2.57. The van der Waals surface area contributed by atoms with Gasteiger partial charge in [-0.1, -0.05) is 42.0 Å². The second-order valence-corrected chi connectivity index (χ2v) is 9.03. The van der Waals surface area contributed by atoms with Gasteiger partial charge in [-0.15, -0.1) is 0 Å². The molecule has 3 N–H and O–H groups in total. The van der Waals surface area contributed by atoms with Crippen molar-refractivity contribution in [3.63, 3.8) is 0 Å². The third kappa shape index (κ3) is 3.53. The molecule has 166 valence electrons. The second-order valence-electron chi connectivity index (χ2n) is 9.03. The van der Waals surface area contributed by atoms with Crippen LogP contribution in [0.4, 0.5) is 13.6 Å². The van der Waals surface area contributed by atoms with Crippen molar-refractivity contribution in [3.05, 3.63) is 59.2 Å². The summed E-state index contributed by atoms with van der Waals surface area (Å²) in [4.78, 5) is 37.2. The van der Waals surface area contributed by atoms with Crippen molar-refractivity contribution >= 4 is 17.8 Å². The van der Waals surface area contributed by atoms with E-state index in [1.807, 2.05) is 19.1 Å². The zero-order chi connectivity index (χ0) is 22.7. The van der Waals surface area contributed by atoms with Gasteiger partial charge in [-0.2, -0.15) is 0 Å². The van der Waals surface area contributed by atoms with Crippen molar-refractivity contribution in [1.82, 2.24) is 16.0 Å². The minimum atomic E-state index is -2.63. The van der Waals surface area contributed by atoms with Gasteiger partial charge in [0.2, 0.25) is 0 Å². The topological polar surface area (TPSA) is 87.3 Å². The maximum Gasteiger partial charge on any atom is 0.322 e. The Morgan fingerprint density at radius 2 is 1.81 bits per heavy atom. The molecule has 6 nitrogen and oxygen atoms in total. The Morgan fingerprint density at radius 1 is 1.12 bits per heavy atom. The lowest BCUT2D eigenvalue weighted by Gasteiger charge is -2.26. The summed E-state index contributed by atoms with van der Waals surface area (Å²) in [5.41, 5.74) is 2.26. The van der Waals surface area contributed by atoms with Crippen LogP contribution in [0.1, 0.15) is 46.7 Å². The first-order valence-corrected chi connectivity index (χ1v) is 10.7. The molecule has 0 spiro atoms. The summed E-state index contributed by atoms with van der Waals surface area (Å²) < 4.78 is 26.8. The largest absolute Gasteiger partial charge is 0.349 e. The van der Waals surface area contributed by atoms with E-state index in [9.17, 15) is 23.2 Å². The first-order chi connectivity index (χ1) is 15.2. The van der Waals surface area contributed by atoms with Crippen LogP contribution >= 0.6 is 0 Å². The van der Waals surface area contributed by atoms with E-state index in [2.05, 4.69) is 16.0 Å². The monoisotopic (exact) mass is 439 g/mol. The van der Waals surface area contributed by atoms with Crippen LogP contribution in [0.15, 0.2) is 42.5 Å². The highest BCUT2D eigenvalue weighted by atomic mass is 19.3. The van der Waals surface area contributed by atoms with Crippen molar-refractivity contribution in [1.29, 1.82) is 0 Å². The number of hydrogen-bond acceptors (Lipinski definition) is 3. The minimum absolute atomic E-state index is 0.000153. The van der Waals surface area contributed by atoms with Gasteiger partial charge in [0.05, 0.1) is 12.5 Å². The van der Waals surface area contributed by atoms with E-state index >= 15 is 0 Å². The number of nitrogens with one attached hydrogen (secondary N) is 3. The Hall–Kier alpha value is -3.29. The summed E-state index contributed by atoms with van der Waals surface area (Å²) in [7, 11) is 0. The van der Waals surface area contributed by atoms with Crippen molar-refractivity contribution < 1.29 is 23.2 Å². The van der Waals surface area contributed by atoms with Gasteiger partial charge in [0.1, 0.15) is 5.54 Å². The number of rotatable bonds is 6. The first kappa shape index (κ1) is 20.6. The average molecular weight is 439 g/mol. The van der Waals surface area contributed by atoms with Crippen LogP contribution < -0.4 is 16.0 Å². The van der Waals surface area contributed by atoms with Crippen LogP contribution in [0.5, 0.6) is 0 Å². The van der Waals surface area contributed by atoms with Gasteiger partial charge in [0.25, 0.3) is 17.7 Å². The molecule has 3 aliphatic rings. The number of imide groups is 1. The molecule has 0 bridgehead atoms. The quantitative estimate of drug-likeness (QED) is 0.602. The van der Waals surface area contributed by atoms with E-state index < -0.39 is 29.3 Å².